The van der Waals surface area contributed by atoms with Gasteiger partial charge in [0.25, 0.3) is 0 Å². The molecule has 0 spiro atoms. The first-order valence-corrected chi connectivity index (χ1v) is 14.2. The number of hydrogen-bond acceptors (Lipinski definition) is 2. The van der Waals surface area contributed by atoms with Crippen molar-refractivity contribution in [3.05, 3.63) is 0 Å². The van der Waals surface area contributed by atoms with Crippen LogP contribution in [0.25, 0.3) is 0 Å². The number of carbonyl (C=O) groups is 1. The smallest absolute Gasteiger partial charge is 0.220 e. The van der Waals surface area contributed by atoms with E-state index in [2.05, 4.69) is 33.0 Å². The van der Waals surface area contributed by atoms with E-state index in [-0.39, 0.29) is 12.0 Å². The van der Waals surface area contributed by atoms with Crippen LogP contribution in [0.2, 0.25) is 0 Å². The molecule has 9 unspecified atom stereocenters. The van der Waals surface area contributed by atoms with Gasteiger partial charge in [-0.1, -0.05) is 40.5 Å². The van der Waals surface area contributed by atoms with Gasteiger partial charge in [0, 0.05) is 13.0 Å². The Morgan fingerprint density at radius 1 is 1.00 bits per heavy atom. The molecule has 0 aromatic rings. The molecule has 0 aromatic heterocycles. The van der Waals surface area contributed by atoms with Crippen LogP contribution in [0.1, 0.15) is 118 Å². The summed E-state index contributed by atoms with van der Waals surface area (Å²) in [5.74, 6) is 5.14. The van der Waals surface area contributed by atoms with Crippen molar-refractivity contribution in [2.45, 2.75) is 124 Å². The molecule has 3 nitrogen and oxygen atoms in total. The van der Waals surface area contributed by atoms with E-state index in [4.69, 9.17) is 0 Å². The van der Waals surface area contributed by atoms with Crippen molar-refractivity contribution in [2.24, 2.45) is 46.3 Å². The van der Waals surface area contributed by atoms with Crippen LogP contribution in [-0.4, -0.2) is 23.7 Å². The number of amides is 1. The molecule has 4 saturated carbocycles. The largest absolute Gasteiger partial charge is 0.393 e. The lowest BCUT2D eigenvalue weighted by Crippen LogP contribution is -2.54. The van der Waals surface area contributed by atoms with Gasteiger partial charge < -0.3 is 10.4 Å². The third-order valence-electron chi connectivity index (χ3n) is 11.3. The molecule has 9 atom stereocenters. The minimum Gasteiger partial charge on any atom is -0.393 e. The average molecular weight is 446 g/mol. The molecule has 1 amide bonds. The molecule has 0 heterocycles. The average Bonchev–Trinajstić information content (AvgIpc) is 3.13. The summed E-state index contributed by atoms with van der Waals surface area (Å²) in [5.41, 5.74) is 0.957. The molecule has 32 heavy (non-hydrogen) atoms. The summed E-state index contributed by atoms with van der Waals surface area (Å²) < 4.78 is 0. The first-order chi connectivity index (χ1) is 15.3. The van der Waals surface area contributed by atoms with Crippen LogP contribution >= 0.6 is 0 Å². The molecule has 2 N–H and O–H groups in total. The fraction of sp³-hybridized carbons (Fsp3) is 0.966. The highest BCUT2D eigenvalue weighted by Crippen LogP contribution is 2.68. The summed E-state index contributed by atoms with van der Waals surface area (Å²) in [7, 11) is 0. The number of fused-ring (bicyclic) bond motifs is 5. The number of carbonyl (C=O) groups excluding carboxylic acids is 1. The van der Waals surface area contributed by atoms with Crippen LogP contribution in [0.5, 0.6) is 0 Å². The van der Waals surface area contributed by atoms with E-state index in [1.165, 1.54) is 57.8 Å². The molecule has 4 fully saturated rings. The lowest BCUT2D eigenvalue weighted by molar-refractivity contribution is -0.129. The molecule has 4 aliphatic rings. The second-order valence-corrected chi connectivity index (χ2v) is 12.9. The fourth-order valence-corrected chi connectivity index (χ4v) is 9.46. The molecule has 0 radical (unpaired) electrons. The van der Waals surface area contributed by atoms with Crippen LogP contribution in [0.4, 0.5) is 0 Å². The maximum absolute atomic E-state index is 12.3. The molecule has 0 bridgehead atoms. The topological polar surface area (TPSA) is 49.3 Å². The van der Waals surface area contributed by atoms with E-state index in [1.807, 2.05) is 0 Å². The minimum absolute atomic E-state index is 0.0426. The van der Waals surface area contributed by atoms with Crippen molar-refractivity contribution >= 4 is 5.91 Å². The van der Waals surface area contributed by atoms with Crippen molar-refractivity contribution in [1.29, 1.82) is 0 Å². The van der Waals surface area contributed by atoms with Crippen LogP contribution in [0, 0.1) is 46.3 Å². The van der Waals surface area contributed by atoms with E-state index in [0.29, 0.717) is 23.2 Å². The Hall–Kier alpha value is -0.570. The second-order valence-electron chi connectivity index (χ2n) is 12.9. The van der Waals surface area contributed by atoms with Crippen LogP contribution in [0.15, 0.2) is 0 Å². The lowest BCUT2D eigenvalue weighted by Gasteiger charge is -2.61. The van der Waals surface area contributed by atoms with Gasteiger partial charge in [-0.15, -0.1) is 0 Å². The highest BCUT2D eigenvalue weighted by molar-refractivity contribution is 5.75. The number of nitrogens with one attached hydrogen (secondary N) is 1. The van der Waals surface area contributed by atoms with Gasteiger partial charge >= 0.3 is 0 Å². The number of unbranched alkanes of at least 4 members (excludes halogenated alkanes) is 2. The molecular weight excluding hydrogens is 394 g/mol. The molecule has 4 rings (SSSR count). The first-order valence-electron chi connectivity index (χ1n) is 14.2. The van der Waals surface area contributed by atoms with Crippen molar-refractivity contribution < 1.29 is 9.90 Å². The zero-order valence-corrected chi connectivity index (χ0v) is 21.5. The molecule has 3 heteroatoms. The maximum Gasteiger partial charge on any atom is 0.220 e. The predicted molar refractivity (Wildman–Crippen MR) is 132 cm³/mol. The highest BCUT2D eigenvalue weighted by Gasteiger charge is 2.60. The summed E-state index contributed by atoms with van der Waals surface area (Å²) in [6.07, 6.45) is 16.9. The third-order valence-corrected chi connectivity index (χ3v) is 11.3. The van der Waals surface area contributed by atoms with Crippen LogP contribution < -0.4 is 5.32 Å². The normalized spacial score (nSPS) is 44.3. The summed E-state index contributed by atoms with van der Waals surface area (Å²) >= 11 is 0. The molecule has 0 aliphatic heterocycles. The molecular formula is C29H51NO2. The maximum atomic E-state index is 12.3. The van der Waals surface area contributed by atoms with Gasteiger partial charge in [-0.05, 0) is 117 Å². The van der Waals surface area contributed by atoms with Crippen LogP contribution in [0.3, 0.4) is 0 Å². The molecule has 0 saturated heterocycles. The van der Waals surface area contributed by atoms with E-state index >= 15 is 0 Å². The Labute approximate surface area is 197 Å². The number of rotatable bonds is 8. The highest BCUT2D eigenvalue weighted by atomic mass is 16.3. The monoisotopic (exact) mass is 445 g/mol. The van der Waals surface area contributed by atoms with Crippen molar-refractivity contribution in [1.82, 2.24) is 5.32 Å². The predicted octanol–water partition coefficient (Wildman–Crippen LogP) is 6.73. The molecule has 0 aromatic carbocycles. The second kappa shape index (κ2) is 9.96. The van der Waals surface area contributed by atoms with Gasteiger partial charge in [0.2, 0.25) is 5.91 Å². The SMILES string of the molecule is CCCCCNC(=O)CCC(C)C1CCC2C3CCC4CC(O)CCC4(C)C3CCC12C. The van der Waals surface area contributed by atoms with Gasteiger partial charge in [0.1, 0.15) is 0 Å². The Bertz CT molecular complexity index is 649. The Kier molecular flexibility index (Phi) is 7.64. The van der Waals surface area contributed by atoms with E-state index in [0.717, 1.165) is 61.8 Å². The molecule has 4 aliphatic carbocycles. The lowest BCUT2D eigenvalue weighted by atomic mass is 9.44. The minimum atomic E-state index is -0.0426. The third kappa shape index (κ3) is 4.53. The van der Waals surface area contributed by atoms with E-state index in [9.17, 15) is 9.90 Å². The van der Waals surface area contributed by atoms with E-state index in [1.54, 1.807) is 0 Å². The molecule has 184 valence electrons. The Morgan fingerprint density at radius 2 is 1.75 bits per heavy atom. The van der Waals surface area contributed by atoms with E-state index < -0.39 is 0 Å². The first kappa shape index (κ1) is 24.6. The zero-order chi connectivity index (χ0) is 22.9. The quantitative estimate of drug-likeness (QED) is 0.407. The van der Waals surface area contributed by atoms with Gasteiger partial charge in [0.05, 0.1) is 6.10 Å². The standard InChI is InChI=1S/C29H51NO2/c1-5-6-7-18-30-27(32)13-8-20(2)24-11-12-25-23-10-9-21-19-22(31)14-16-28(21,3)26(23)15-17-29(24,25)4/h20-26,31H,5-19H2,1-4H3,(H,30,32). The Balaban J connectivity index is 1.35. The Morgan fingerprint density at radius 3 is 2.53 bits per heavy atom. The summed E-state index contributed by atoms with van der Waals surface area (Å²) in [5, 5.41) is 13.4. The van der Waals surface area contributed by atoms with Gasteiger partial charge in [-0.2, -0.15) is 0 Å². The van der Waals surface area contributed by atoms with Crippen molar-refractivity contribution in [2.75, 3.05) is 6.54 Å². The van der Waals surface area contributed by atoms with Gasteiger partial charge in [-0.3, -0.25) is 4.79 Å². The summed E-state index contributed by atoms with van der Waals surface area (Å²) in [6, 6.07) is 0. The number of hydrogen-bond donors (Lipinski definition) is 2. The van der Waals surface area contributed by atoms with Crippen molar-refractivity contribution in [3.8, 4) is 0 Å². The van der Waals surface area contributed by atoms with Crippen molar-refractivity contribution in [3.63, 3.8) is 0 Å². The fourth-order valence-electron chi connectivity index (χ4n) is 9.46. The van der Waals surface area contributed by atoms with Crippen LogP contribution in [-0.2, 0) is 4.79 Å². The zero-order valence-electron chi connectivity index (χ0n) is 21.5. The van der Waals surface area contributed by atoms with Gasteiger partial charge in [0.15, 0.2) is 0 Å². The number of aliphatic hydroxyl groups excluding tert-OH is 1. The summed E-state index contributed by atoms with van der Waals surface area (Å²) in [4.78, 5) is 12.3. The number of aliphatic hydroxyl groups is 1. The van der Waals surface area contributed by atoms with Gasteiger partial charge in [-0.25, -0.2) is 0 Å². The summed E-state index contributed by atoms with van der Waals surface area (Å²) in [6.45, 7) is 10.7.